The molecule has 0 saturated carbocycles. The van der Waals surface area contributed by atoms with Gasteiger partial charge < -0.3 is 11.1 Å². The number of rotatable bonds is 5. The number of carbonyl (C=O) groups is 1. The molecule has 0 atom stereocenters. The second-order valence-corrected chi connectivity index (χ2v) is 5.04. The van der Waals surface area contributed by atoms with Crippen LogP contribution >= 0.6 is 11.8 Å². The maximum absolute atomic E-state index is 12.9. The predicted molar refractivity (Wildman–Crippen MR) is 76.8 cm³/mol. The molecule has 3 N–H and O–H groups in total. The van der Waals surface area contributed by atoms with Crippen molar-refractivity contribution in [2.24, 2.45) is 0 Å². The number of halogens is 1. The first-order valence-electron chi connectivity index (χ1n) is 5.89. The number of amides is 1. The van der Waals surface area contributed by atoms with E-state index in [0.29, 0.717) is 17.9 Å². The van der Waals surface area contributed by atoms with E-state index >= 15 is 0 Å². The summed E-state index contributed by atoms with van der Waals surface area (Å²) in [5, 5.41) is 3.41. The molecule has 0 aliphatic heterocycles. The summed E-state index contributed by atoms with van der Waals surface area (Å²) in [7, 11) is 0. The minimum Gasteiger partial charge on any atom is -0.397 e. The van der Waals surface area contributed by atoms with Crippen molar-refractivity contribution in [1.82, 2.24) is 9.97 Å². The van der Waals surface area contributed by atoms with Crippen molar-refractivity contribution in [1.29, 1.82) is 0 Å². The monoisotopic (exact) mass is 292 g/mol. The molecule has 0 fully saturated rings. The van der Waals surface area contributed by atoms with E-state index in [1.54, 1.807) is 18.6 Å². The standard InChI is InChI=1S/C13H13FN4OS/c14-9-1-2-11(10(15)7-9)18-12(19)3-6-20-13-8-16-4-5-17-13/h1-2,4-5,7-8H,3,6,15H2,(H,18,19). The summed E-state index contributed by atoms with van der Waals surface area (Å²) >= 11 is 1.44. The lowest BCUT2D eigenvalue weighted by Gasteiger charge is -2.07. The zero-order valence-electron chi connectivity index (χ0n) is 10.5. The van der Waals surface area contributed by atoms with E-state index in [1.165, 1.54) is 30.0 Å². The number of nitrogens with two attached hydrogens (primary N) is 1. The lowest BCUT2D eigenvalue weighted by Crippen LogP contribution is -2.13. The highest BCUT2D eigenvalue weighted by Gasteiger charge is 2.06. The van der Waals surface area contributed by atoms with Gasteiger partial charge in [0, 0.05) is 24.6 Å². The first-order valence-corrected chi connectivity index (χ1v) is 6.87. The van der Waals surface area contributed by atoms with Crippen LogP contribution in [0.3, 0.4) is 0 Å². The highest BCUT2D eigenvalue weighted by Crippen LogP contribution is 2.20. The summed E-state index contributed by atoms with van der Waals surface area (Å²) in [6, 6.07) is 3.86. The maximum Gasteiger partial charge on any atom is 0.225 e. The van der Waals surface area contributed by atoms with Crippen molar-refractivity contribution < 1.29 is 9.18 Å². The molecule has 0 spiro atoms. The lowest BCUT2D eigenvalue weighted by molar-refractivity contribution is -0.115. The number of nitrogens with zero attached hydrogens (tertiary/aromatic N) is 2. The summed E-state index contributed by atoms with van der Waals surface area (Å²) in [5.41, 5.74) is 6.24. The molecule has 0 aliphatic rings. The van der Waals surface area contributed by atoms with Crippen LogP contribution < -0.4 is 11.1 Å². The van der Waals surface area contributed by atoms with E-state index in [0.717, 1.165) is 5.03 Å². The Morgan fingerprint density at radius 1 is 1.40 bits per heavy atom. The van der Waals surface area contributed by atoms with Gasteiger partial charge in [0.2, 0.25) is 5.91 Å². The fourth-order valence-electron chi connectivity index (χ4n) is 1.47. The summed E-state index contributed by atoms with van der Waals surface area (Å²) in [6.45, 7) is 0. The average Bonchev–Trinajstić information content (AvgIpc) is 2.43. The average molecular weight is 292 g/mol. The second kappa shape index (κ2) is 6.85. The van der Waals surface area contributed by atoms with Crippen LogP contribution in [0.4, 0.5) is 15.8 Å². The molecule has 0 bridgehead atoms. The Hall–Kier alpha value is -2.15. The number of anilines is 2. The molecular weight excluding hydrogens is 279 g/mol. The van der Waals surface area contributed by atoms with Crippen LogP contribution in [-0.4, -0.2) is 21.6 Å². The van der Waals surface area contributed by atoms with Crippen molar-refractivity contribution in [2.75, 3.05) is 16.8 Å². The van der Waals surface area contributed by atoms with Gasteiger partial charge in [-0.1, -0.05) is 0 Å². The SMILES string of the molecule is Nc1cc(F)ccc1NC(=O)CCSc1cnccn1. The Morgan fingerprint density at radius 2 is 2.25 bits per heavy atom. The Balaban J connectivity index is 1.81. The topological polar surface area (TPSA) is 80.9 Å². The molecule has 1 aromatic carbocycles. The zero-order chi connectivity index (χ0) is 14.4. The first kappa shape index (κ1) is 14.3. The number of aromatic nitrogens is 2. The molecule has 0 unspecified atom stereocenters. The fourth-order valence-corrected chi connectivity index (χ4v) is 2.24. The van der Waals surface area contributed by atoms with Crippen LogP contribution in [0.5, 0.6) is 0 Å². The molecule has 1 amide bonds. The number of hydrogen-bond acceptors (Lipinski definition) is 5. The summed E-state index contributed by atoms with van der Waals surface area (Å²) in [4.78, 5) is 19.8. The third-order valence-corrected chi connectivity index (χ3v) is 3.32. The minimum atomic E-state index is -0.432. The predicted octanol–water partition coefficient (Wildman–Crippen LogP) is 2.32. The van der Waals surface area contributed by atoms with Gasteiger partial charge in [-0.05, 0) is 18.2 Å². The van der Waals surface area contributed by atoms with Crippen LogP contribution in [0, 0.1) is 5.82 Å². The van der Waals surface area contributed by atoms with Crippen molar-refractivity contribution in [3.05, 3.63) is 42.6 Å². The third kappa shape index (κ3) is 4.20. The van der Waals surface area contributed by atoms with Gasteiger partial charge >= 0.3 is 0 Å². The number of nitrogens with one attached hydrogen (secondary N) is 1. The van der Waals surface area contributed by atoms with Crippen molar-refractivity contribution >= 4 is 29.0 Å². The Kier molecular flexibility index (Phi) is 4.89. The molecule has 2 aromatic rings. The van der Waals surface area contributed by atoms with Crippen LogP contribution in [0.25, 0.3) is 0 Å². The van der Waals surface area contributed by atoms with E-state index in [1.807, 2.05) is 0 Å². The molecule has 20 heavy (non-hydrogen) atoms. The summed E-state index contributed by atoms with van der Waals surface area (Å²) in [6.07, 6.45) is 5.13. The first-order chi connectivity index (χ1) is 9.65. The van der Waals surface area contributed by atoms with E-state index in [4.69, 9.17) is 5.73 Å². The fraction of sp³-hybridized carbons (Fsp3) is 0.154. The molecule has 7 heteroatoms. The molecule has 0 saturated heterocycles. The van der Waals surface area contributed by atoms with Gasteiger partial charge in [-0.2, -0.15) is 0 Å². The molecule has 1 aromatic heterocycles. The molecule has 2 rings (SSSR count). The number of thioether (sulfide) groups is 1. The van der Waals surface area contributed by atoms with Crippen LogP contribution in [0.1, 0.15) is 6.42 Å². The highest BCUT2D eigenvalue weighted by molar-refractivity contribution is 7.99. The third-order valence-electron chi connectivity index (χ3n) is 2.41. The Labute approximate surface area is 119 Å². The van der Waals surface area contributed by atoms with Crippen molar-refractivity contribution in [3.8, 4) is 0 Å². The van der Waals surface area contributed by atoms with E-state index < -0.39 is 5.82 Å². The van der Waals surface area contributed by atoms with Crippen molar-refractivity contribution in [3.63, 3.8) is 0 Å². The number of hydrogen-bond donors (Lipinski definition) is 2. The quantitative estimate of drug-likeness (QED) is 0.653. The van der Waals surface area contributed by atoms with Gasteiger partial charge in [0.25, 0.3) is 0 Å². The van der Waals surface area contributed by atoms with Crippen molar-refractivity contribution in [2.45, 2.75) is 11.4 Å². The van der Waals surface area contributed by atoms with Crippen LogP contribution in [0.15, 0.2) is 41.8 Å². The Morgan fingerprint density at radius 3 is 2.95 bits per heavy atom. The highest BCUT2D eigenvalue weighted by atomic mass is 32.2. The minimum absolute atomic E-state index is 0.181. The maximum atomic E-state index is 12.9. The number of carbonyl (C=O) groups excluding carboxylic acids is 1. The normalized spacial score (nSPS) is 10.2. The van der Waals surface area contributed by atoms with Gasteiger partial charge in [0.05, 0.1) is 17.6 Å². The molecule has 0 aliphatic carbocycles. The van der Waals surface area contributed by atoms with Crippen LogP contribution in [0.2, 0.25) is 0 Å². The zero-order valence-corrected chi connectivity index (χ0v) is 11.4. The summed E-state index contributed by atoms with van der Waals surface area (Å²) < 4.78 is 12.9. The summed E-state index contributed by atoms with van der Waals surface area (Å²) in [5.74, 6) is -0.0376. The van der Waals surface area contributed by atoms with Gasteiger partial charge in [0.15, 0.2) is 0 Å². The van der Waals surface area contributed by atoms with E-state index in [9.17, 15) is 9.18 Å². The lowest BCUT2D eigenvalue weighted by atomic mass is 10.2. The second-order valence-electron chi connectivity index (χ2n) is 3.92. The molecule has 1 heterocycles. The molecular formula is C13H13FN4OS. The molecule has 0 radical (unpaired) electrons. The van der Waals surface area contributed by atoms with Gasteiger partial charge in [-0.25, -0.2) is 9.37 Å². The van der Waals surface area contributed by atoms with Gasteiger partial charge in [0.1, 0.15) is 10.8 Å². The van der Waals surface area contributed by atoms with Crippen LogP contribution in [-0.2, 0) is 4.79 Å². The number of nitrogen functional groups attached to an aromatic ring is 1. The smallest absolute Gasteiger partial charge is 0.225 e. The van der Waals surface area contributed by atoms with E-state index in [-0.39, 0.29) is 11.6 Å². The molecule has 5 nitrogen and oxygen atoms in total. The van der Waals surface area contributed by atoms with E-state index in [2.05, 4.69) is 15.3 Å². The molecule has 104 valence electrons. The van der Waals surface area contributed by atoms with Gasteiger partial charge in [-0.15, -0.1) is 11.8 Å². The Bertz CT molecular complexity index is 594. The number of benzene rings is 1. The van der Waals surface area contributed by atoms with Gasteiger partial charge in [-0.3, -0.25) is 9.78 Å². The largest absolute Gasteiger partial charge is 0.397 e.